The van der Waals surface area contributed by atoms with E-state index in [-0.39, 0.29) is 0 Å². The van der Waals surface area contributed by atoms with Gasteiger partial charge in [-0.3, -0.25) is 0 Å². The molecule has 0 amide bonds. The Bertz CT molecular complexity index is 2780. The summed E-state index contributed by atoms with van der Waals surface area (Å²) >= 11 is 0. The zero-order valence-electron chi connectivity index (χ0n) is 28.9. The summed E-state index contributed by atoms with van der Waals surface area (Å²) in [4.78, 5) is 29.1. The largest absolute Gasteiger partial charge is 0.308 e. The lowest BCUT2D eigenvalue weighted by Gasteiger charge is -2.16. The first kappa shape index (κ1) is 31.6. The van der Waals surface area contributed by atoms with Gasteiger partial charge in [0.15, 0.2) is 23.3 Å². The number of rotatable bonds is 6. The maximum Gasteiger partial charge on any atom is 0.166 e. The molecule has 0 unspecified atom stereocenters. The zero-order valence-corrected chi connectivity index (χ0v) is 28.9. The second-order valence-electron chi connectivity index (χ2n) is 12.8. The monoisotopic (exact) mass is 682 g/mol. The van der Waals surface area contributed by atoms with Crippen LogP contribution < -0.4 is 0 Å². The van der Waals surface area contributed by atoms with Gasteiger partial charge in [-0.25, -0.2) is 29.9 Å². The summed E-state index contributed by atoms with van der Waals surface area (Å²) in [7, 11) is 0. The standard InChI is InChI=1S/C45H30N8/c1-28-47-29(2)49-44(48-28)35-21-23-37-36-15-9-10-16-39(36)53(41(37)26-35)40-24-22-34(31-19-17-30(27-46)18-20-31)25-38(40)45-51-42(32-11-5-3-6-12-32)50-43(52-45)33-13-7-4-8-14-33/h3-26H,1-2H3. The van der Waals surface area contributed by atoms with Crippen LogP contribution in [-0.2, 0) is 0 Å². The first-order valence-corrected chi connectivity index (χ1v) is 17.3. The highest BCUT2D eigenvalue weighted by molar-refractivity contribution is 6.10. The summed E-state index contributed by atoms with van der Waals surface area (Å²) in [5.41, 5.74) is 8.97. The number of hydrogen-bond donors (Lipinski definition) is 0. The van der Waals surface area contributed by atoms with Crippen molar-refractivity contribution in [1.29, 1.82) is 5.26 Å². The lowest BCUT2D eigenvalue weighted by Crippen LogP contribution is -2.04. The molecule has 0 fully saturated rings. The molecule has 0 spiro atoms. The van der Waals surface area contributed by atoms with Gasteiger partial charge in [0.1, 0.15) is 11.6 Å². The van der Waals surface area contributed by atoms with Crippen molar-refractivity contribution in [2.75, 3.05) is 0 Å². The van der Waals surface area contributed by atoms with Crippen LogP contribution in [0.3, 0.4) is 0 Å². The van der Waals surface area contributed by atoms with Crippen molar-refractivity contribution in [3.63, 3.8) is 0 Å². The minimum absolute atomic E-state index is 0.536. The normalized spacial score (nSPS) is 11.2. The number of nitrogens with zero attached hydrogens (tertiary/aromatic N) is 8. The van der Waals surface area contributed by atoms with Gasteiger partial charge in [0.25, 0.3) is 0 Å². The highest BCUT2D eigenvalue weighted by Crippen LogP contribution is 2.39. The van der Waals surface area contributed by atoms with Crippen LogP contribution in [0.15, 0.2) is 146 Å². The number of para-hydroxylation sites is 1. The van der Waals surface area contributed by atoms with Crippen LogP contribution in [0, 0.1) is 25.2 Å². The van der Waals surface area contributed by atoms with Crippen molar-refractivity contribution < 1.29 is 0 Å². The van der Waals surface area contributed by atoms with Crippen LogP contribution >= 0.6 is 0 Å². The molecule has 0 aliphatic carbocycles. The molecule has 0 saturated carbocycles. The fourth-order valence-electron chi connectivity index (χ4n) is 6.87. The molecule has 0 aliphatic rings. The lowest BCUT2D eigenvalue weighted by atomic mass is 10.00. The second kappa shape index (κ2) is 13.1. The van der Waals surface area contributed by atoms with Gasteiger partial charge in [0.2, 0.25) is 0 Å². The van der Waals surface area contributed by atoms with Crippen LogP contribution in [0.1, 0.15) is 17.2 Å². The van der Waals surface area contributed by atoms with Gasteiger partial charge in [0, 0.05) is 33.0 Å². The summed E-state index contributed by atoms with van der Waals surface area (Å²) in [6.07, 6.45) is 0. The third kappa shape index (κ3) is 5.86. The van der Waals surface area contributed by atoms with Gasteiger partial charge in [-0.1, -0.05) is 109 Å². The molecule has 0 radical (unpaired) electrons. The number of fused-ring (bicyclic) bond motifs is 3. The number of hydrogen-bond acceptors (Lipinski definition) is 7. The summed E-state index contributed by atoms with van der Waals surface area (Å²) < 4.78 is 2.28. The Kier molecular flexibility index (Phi) is 7.79. The van der Waals surface area contributed by atoms with Crippen molar-refractivity contribution in [3.05, 3.63) is 163 Å². The average molecular weight is 683 g/mol. The molecule has 0 atom stereocenters. The number of aryl methyl sites for hydroxylation is 2. The van der Waals surface area contributed by atoms with E-state index in [0.29, 0.717) is 40.5 Å². The van der Waals surface area contributed by atoms with Crippen LogP contribution in [-0.4, -0.2) is 34.5 Å². The van der Waals surface area contributed by atoms with Crippen molar-refractivity contribution in [3.8, 4) is 68.4 Å². The highest BCUT2D eigenvalue weighted by atomic mass is 15.1. The highest BCUT2D eigenvalue weighted by Gasteiger charge is 2.21. The topological polar surface area (TPSA) is 106 Å². The van der Waals surface area contributed by atoms with E-state index in [2.05, 4.69) is 86.3 Å². The minimum atomic E-state index is 0.536. The molecule has 0 saturated heterocycles. The molecule has 53 heavy (non-hydrogen) atoms. The number of nitriles is 1. The zero-order chi connectivity index (χ0) is 35.9. The predicted molar refractivity (Wildman–Crippen MR) is 209 cm³/mol. The SMILES string of the molecule is Cc1nc(C)nc(-c2ccc3c4ccccc4n(-c4ccc(-c5ccc(C#N)cc5)cc4-c4nc(-c5ccccc5)nc(-c5ccccc5)n4)c3c2)n1. The molecule has 9 rings (SSSR count). The third-order valence-corrected chi connectivity index (χ3v) is 9.32. The van der Waals surface area contributed by atoms with Crippen LogP contribution in [0.4, 0.5) is 0 Å². The van der Waals surface area contributed by atoms with Crippen LogP contribution in [0.5, 0.6) is 0 Å². The van der Waals surface area contributed by atoms with E-state index in [4.69, 9.17) is 15.0 Å². The second-order valence-corrected chi connectivity index (χ2v) is 12.8. The smallest absolute Gasteiger partial charge is 0.166 e. The Hall–Kier alpha value is -7.37. The van der Waals surface area contributed by atoms with E-state index in [1.165, 1.54) is 0 Å². The Morgan fingerprint density at radius 3 is 1.64 bits per heavy atom. The molecule has 3 aromatic heterocycles. The maximum absolute atomic E-state index is 9.48. The first-order chi connectivity index (χ1) is 26.0. The quantitative estimate of drug-likeness (QED) is 0.172. The summed E-state index contributed by atoms with van der Waals surface area (Å²) in [6.45, 7) is 3.77. The predicted octanol–water partition coefficient (Wildman–Crippen LogP) is 9.98. The van der Waals surface area contributed by atoms with Crippen LogP contribution in [0.2, 0.25) is 0 Å². The minimum Gasteiger partial charge on any atom is -0.308 e. The molecule has 250 valence electrons. The molecular weight excluding hydrogens is 653 g/mol. The molecule has 6 aromatic carbocycles. The van der Waals surface area contributed by atoms with Crippen molar-refractivity contribution in [1.82, 2.24) is 34.5 Å². The molecule has 0 N–H and O–H groups in total. The van der Waals surface area contributed by atoms with Crippen molar-refractivity contribution in [2.24, 2.45) is 0 Å². The first-order valence-electron chi connectivity index (χ1n) is 17.3. The Morgan fingerprint density at radius 2 is 0.981 bits per heavy atom. The maximum atomic E-state index is 9.48. The van der Waals surface area contributed by atoms with Crippen molar-refractivity contribution >= 4 is 21.8 Å². The van der Waals surface area contributed by atoms with Gasteiger partial charge >= 0.3 is 0 Å². The van der Waals surface area contributed by atoms with Gasteiger partial charge in [-0.15, -0.1) is 0 Å². The summed E-state index contributed by atoms with van der Waals surface area (Å²) in [6, 6.07) is 51.0. The van der Waals surface area contributed by atoms with E-state index in [1.54, 1.807) is 0 Å². The lowest BCUT2D eigenvalue weighted by molar-refractivity contribution is 0.928. The van der Waals surface area contributed by atoms with E-state index in [1.807, 2.05) is 98.8 Å². The molecule has 3 heterocycles. The summed E-state index contributed by atoms with van der Waals surface area (Å²) in [5, 5.41) is 11.7. The number of benzene rings is 6. The molecule has 9 aromatic rings. The number of aromatic nitrogens is 7. The molecule has 8 nitrogen and oxygen atoms in total. The van der Waals surface area contributed by atoms with E-state index < -0.39 is 0 Å². The van der Waals surface area contributed by atoms with E-state index >= 15 is 0 Å². The Morgan fingerprint density at radius 1 is 0.434 bits per heavy atom. The molecule has 0 bridgehead atoms. The summed E-state index contributed by atoms with van der Waals surface area (Å²) in [5.74, 6) is 3.67. The molecule has 0 aliphatic heterocycles. The van der Waals surface area contributed by atoms with Crippen molar-refractivity contribution in [2.45, 2.75) is 13.8 Å². The fourth-order valence-corrected chi connectivity index (χ4v) is 6.87. The third-order valence-electron chi connectivity index (χ3n) is 9.32. The molecular formula is C45H30N8. The van der Waals surface area contributed by atoms with E-state index in [0.717, 1.165) is 60.9 Å². The molecule has 8 heteroatoms. The average Bonchev–Trinajstić information content (AvgIpc) is 3.54. The van der Waals surface area contributed by atoms with Crippen LogP contribution in [0.25, 0.3) is 84.2 Å². The Balaban J connectivity index is 1.35. The van der Waals surface area contributed by atoms with Gasteiger partial charge in [-0.05, 0) is 61.4 Å². The van der Waals surface area contributed by atoms with Gasteiger partial charge < -0.3 is 4.57 Å². The van der Waals surface area contributed by atoms with Gasteiger partial charge in [0.05, 0.1) is 28.4 Å². The fraction of sp³-hybridized carbons (Fsp3) is 0.0444. The van der Waals surface area contributed by atoms with Gasteiger partial charge in [-0.2, -0.15) is 5.26 Å². The Labute approximate surface area is 305 Å². The van der Waals surface area contributed by atoms with E-state index in [9.17, 15) is 5.26 Å².